The highest BCUT2D eigenvalue weighted by atomic mass is 32.2. The van der Waals surface area contributed by atoms with Crippen molar-refractivity contribution in [2.75, 3.05) is 5.32 Å². The lowest BCUT2D eigenvalue weighted by Crippen LogP contribution is -2.15. The molecule has 0 fully saturated rings. The maximum Gasteiger partial charge on any atom is 0.416 e. The molecule has 0 spiro atoms. The van der Waals surface area contributed by atoms with Crippen LogP contribution in [0.3, 0.4) is 0 Å². The van der Waals surface area contributed by atoms with Crippen molar-refractivity contribution in [3.8, 4) is 0 Å². The van der Waals surface area contributed by atoms with E-state index in [-0.39, 0.29) is 12.0 Å². The van der Waals surface area contributed by atoms with Gasteiger partial charge in [-0.15, -0.1) is 0 Å². The average Bonchev–Trinajstić information content (AvgIpc) is 2.48. The van der Waals surface area contributed by atoms with Gasteiger partial charge >= 0.3 is 6.18 Å². The van der Waals surface area contributed by atoms with Crippen molar-refractivity contribution < 1.29 is 26.7 Å². The second-order valence-electron chi connectivity index (χ2n) is 4.83. The fourth-order valence-corrected chi connectivity index (χ4v) is 2.47. The fourth-order valence-electron chi connectivity index (χ4n) is 1.97. The normalized spacial score (nSPS) is 11.6. The van der Waals surface area contributed by atoms with E-state index < -0.39 is 23.4 Å². The number of anilines is 1. The zero-order chi connectivity index (χ0) is 17.7. The molecule has 0 aliphatic carbocycles. The molecule has 0 unspecified atom stereocenters. The Hall–Kier alpha value is -2.09. The molecule has 0 saturated heterocycles. The number of rotatable bonds is 5. The molecule has 8 heteroatoms. The van der Waals surface area contributed by atoms with Gasteiger partial charge in [0.1, 0.15) is 0 Å². The summed E-state index contributed by atoms with van der Waals surface area (Å²) in [6.07, 6.45) is -4.69. The second-order valence-corrected chi connectivity index (χ2v) is 5.89. The molecule has 0 heterocycles. The van der Waals surface area contributed by atoms with E-state index >= 15 is 0 Å². The van der Waals surface area contributed by atoms with Crippen LogP contribution in [-0.2, 0) is 17.4 Å². The van der Waals surface area contributed by atoms with E-state index in [1.165, 1.54) is 36.4 Å². The van der Waals surface area contributed by atoms with Crippen molar-refractivity contribution in [3.63, 3.8) is 0 Å². The quantitative estimate of drug-likeness (QED) is 0.586. The number of alkyl halides is 5. The first-order valence-corrected chi connectivity index (χ1v) is 7.63. The smallest absolute Gasteiger partial charge is 0.326 e. The van der Waals surface area contributed by atoms with Gasteiger partial charge in [0.25, 0.3) is 5.76 Å². The van der Waals surface area contributed by atoms with Crippen LogP contribution in [0.15, 0.2) is 53.4 Å². The Kier molecular flexibility index (Phi) is 5.82. The van der Waals surface area contributed by atoms with Crippen molar-refractivity contribution in [1.29, 1.82) is 0 Å². The van der Waals surface area contributed by atoms with Crippen molar-refractivity contribution in [1.82, 2.24) is 0 Å². The lowest BCUT2D eigenvalue weighted by molar-refractivity contribution is -0.137. The molecule has 1 N–H and O–H groups in total. The molecule has 1 amide bonds. The van der Waals surface area contributed by atoms with Crippen LogP contribution in [0, 0.1) is 0 Å². The molecule has 0 bridgehead atoms. The molecule has 2 nitrogen and oxygen atoms in total. The van der Waals surface area contributed by atoms with Gasteiger partial charge in [0.05, 0.1) is 12.0 Å². The van der Waals surface area contributed by atoms with Gasteiger partial charge in [-0.05, 0) is 35.9 Å². The summed E-state index contributed by atoms with van der Waals surface area (Å²) in [7, 11) is 0. The maximum atomic E-state index is 12.6. The lowest BCUT2D eigenvalue weighted by atomic mass is 10.1. The van der Waals surface area contributed by atoms with Crippen LogP contribution >= 0.6 is 11.8 Å². The SMILES string of the molecule is O=C(Cc1cccc(C(F)(F)F)c1)Nc1ccc(SC(F)F)cc1. The molecule has 0 aromatic heterocycles. The van der Waals surface area contributed by atoms with Crippen LogP contribution in [0.25, 0.3) is 0 Å². The van der Waals surface area contributed by atoms with Crippen molar-refractivity contribution in [2.45, 2.75) is 23.3 Å². The molecule has 0 radical (unpaired) electrons. The minimum atomic E-state index is -4.47. The number of amides is 1. The molecule has 0 atom stereocenters. The summed E-state index contributed by atoms with van der Waals surface area (Å²) in [5.41, 5.74) is -0.209. The number of hydrogen-bond donors (Lipinski definition) is 1. The third-order valence-electron chi connectivity index (χ3n) is 2.98. The number of thioether (sulfide) groups is 1. The summed E-state index contributed by atoms with van der Waals surface area (Å²) < 4.78 is 62.3. The van der Waals surface area contributed by atoms with Gasteiger partial charge < -0.3 is 5.32 Å². The van der Waals surface area contributed by atoms with Crippen LogP contribution in [0.2, 0.25) is 0 Å². The molecular formula is C16H12F5NOS. The predicted molar refractivity (Wildman–Crippen MR) is 82.1 cm³/mol. The van der Waals surface area contributed by atoms with E-state index in [0.29, 0.717) is 22.3 Å². The van der Waals surface area contributed by atoms with Crippen molar-refractivity contribution in [3.05, 3.63) is 59.7 Å². The molecule has 2 rings (SSSR count). The molecule has 2 aromatic rings. The molecule has 24 heavy (non-hydrogen) atoms. The number of carbonyl (C=O) groups excluding carboxylic acids is 1. The first-order chi connectivity index (χ1) is 11.2. The van der Waals surface area contributed by atoms with E-state index in [4.69, 9.17) is 0 Å². The van der Waals surface area contributed by atoms with Crippen LogP contribution in [0.1, 0.15) is 11.1 Å². The minimum Gasteiger partial charge on any atom is -0.326 e. The monoisotopic (exact) mass is 361 g/mol. The standard InChI is InChI=1S/C16H12F5NOS/c17-15(18)24-13-6-4-12(5-7-13)22-14(23)9-10-2-1-3-11(8-10)16(19,20)21/h1-8,15H,9H2,(H,22,23). The van der Waals surface area contributed by atoms with Crippen LogP contribution in [0.5, 0.6) is 0 Å². The Morgan fingerprint density at radius 2 is 1.75 bits per heavy atom. The van der Waals surface area contributed by atoms with Crippen LogP contribution in [0.4, 0.5) is 27.6 Å². The number of carbonyl (C=O) groups is 1. The van der Waals surface area contributed by atoms with Crippen LogP contribution < -0.4 is 5.32 Å². The summed E-state index contributed by atoms with van der Waals surface area (Å²) >= 11 is 0.380. The Bertz CT molecular complexity index is 700. The fraction of sp³-hybridized carbons (Fsp3) is 0.188. The minimum absolute atomic E-state index is 0.225. The zero-order valence-corrected chi connectivity index (χ0v) is 12.9. The van der Waals surface area contributed by atoms with Gasteiger partial charge in [0.15, 0.2) is 0 Å². The Balaban J connectivity index is 1.98. The summed E-state index contributed by atoms with van der Waals surface area (Å²) in [5, 5.41) is 2.51. The summed E-state index contributed by atoms with van der Waals surface area (Å²) in [4.78, 5) is 12.2. The molecule has 128 valence electrons. The highest BCUT2D eigenvalue weighted by Crippen LogP contribution is 2.30. The van der Waals surface area contributed by atoms with E-state index in [1.807, 2.05) is 0 Å². The van der Waals surface area contributed by atoms with Gasteiger partial charge in [-0.1, -0.05) is 30.0 Å². The summed E-state index contributed by atoms with van der Waals surface area (Å²) in [6.45, 7) is 0. The molecule has 2 aromatic carbocycles. The molecule has 0 saturated carbocycles. The second kappa shape index (κ2) is 7.65. The van der Waals surface area contributed by atoms with E-state index in [1.54, 1.807) is 0 Å². The van der Waals surface area contributed by atoms with E-state index in [2.05, 4.69) is 5.32 Å². The maximum absolute atomic E-state index is 12.6. The number of halogens is 5. The molecule has 0 aliphatic rings. The van der Waals surface area contributed by atoms with E-state index in [9.17, 15) is 26.7 Å². The third kappa shape index (κ3) is 5.52. The predicted octanol–water partition coefficient (Wildman–Crippen LogP) is 5.20. The summed E-state index contributed by atoms with van der Waals surface area (Å²) in [5.74, 6) is -3.03. The average molecular weight is 361 g/mol. The first-order valence-electron chi connectivity index (χ1n) is 6.75. The third-order valence-corrected chi connectivity index (χ3v) is 3.70. The first kappa shape index (κ1) is 18.3. The molecule has 0 aliphatic heterocycles. The van der Waals surface area contributed by atoms with Crippen molar-refractivity contribution >= 4 is 23.4 Å². The van der Waals surface area contributed by atoms with Gasteiger partial charge in [0.2, 0.25) is 5.91 Å². The Morgan fingerprint density at radius 3 is 2.33 bits per heavy atom. The van der Waals surface area contributed by atoms with Crippen molar-refractivity contribution in [2.24, 2.45) is 0 Å². The highest BCUT2D eigenvalue weighted by Gasteiger charge is 2.30. The van der Waals surface area contributed by atoms with Gasteiger partial charge in [-0.3, -0.25) is 4.79 Å². The number of nitrogens with one attached hydrogen (secondary N) is 1. The van der Waals surface area contributed by atoms with Gasteiger partial charge in [-0.2, -0.15) is 22.0 Å². The van der Waals surface area contributed by atoms with Gasteiger partial charge in [0, 0.05) is 10.6 Å². The van der Waals surface area contributed by atoms with Crippen LogP contribution in [-0.4, -0.2) is 11.7 Å². The zero-order valence-electron chi connectivity index (χ0n) is 12.1. The lowest BCUT2D eigenvalue weighted by Gasteiger charge is -2.09. The Morgan fingerprint density at radius 1 is 1.08 bits per heavy atom. The number of benzene rings is 2. The topological polar surface area (TPSA) is 29.1 Å². The Labute approximate surface area is 139 Å². The van der Waals surface area contributed by atoms with E-state index in [0.717, 1.165) is 12.1 Å². The van der Waals surface area contributed by atoms with Gasteiger partial charge in [-0.25, -0.2) is 0 Å². The highest BCUT2D eigenvalue weighted by molar-refractivity contribution is 7.99. The molecular weight excluding hydrogens is 349 g/mol. The number of hydrogen-bond acceptors (Lipinski definition) is 2. The largest absolute Gasteiger partial charge is 0.416 e. The summed E-state index contributed by atoms with van der Waals surface area (Å²) in [6, 6.07) is 10.3.